The summed E-state index contributed by atoms with van der Waals surface area (Å²) in [6.45, 7) is 3.96. The van der Waals surface area contributed by atoms with Crippen LogP contribution in [0.2, 0.25) is 0 Å². The van der Waals surface area contributed by atoms with Crippen molar-refractivity contribution in [3.63, 3.8) is 0 Å². The summed E-state index contributed by atoms with van der Waals surface area (Å²) in [6.07, 6.45) is 3.22. The van der Waals surface area contributed by atoms with E-state index in [2.05, 4.69) is 33.0 Å². The van der Waals surface area contributed by atoms with Gasteiger partial charge >= 0.3 is 0 Å². The van der Waals surface area contributed by atoms with E-state index >= 15 is 0 Å². The van der Waals surface area contributed by atoms with E-state index < -0.39 is 0 Å². The van der Waals surface area contributed by atoms with E-state index in [-0.39, 0.29) is 5.56 Å². The average molecular weight is 273 g/mol. The van der Waals surface area contributed by atoms with E-state index in [0.717, 1.165) is 0 Å². The number of halogens is 1. The Morgan fingerprint density at radius 1 is 1.73 bits per heavy atom. The molecule has 0 fully saturated rings. The summed E-state index contributed by atoms with van der Waals surface area (Å²) in [5.41, 5.74) is 3.43. The predicted octanol–water partition coefficient (Wildman–Crippen LogP) is 1.08. The SMILES string of the molecule is C=CCn1ncc(NN(C)C)c(Br)c1=O. The molecule has 5 nitrogen and oxygen atoms in total. The maximum Gasteiger partial charge on any atom is 0.283 e. The van der Waals surface area contributed by atoms with Crippen LogP contribution in [-0.2, 0) is 6.54 Å². The van der Waals surface area contributed by atoms with Gasteiger partial charge in [-0.25, -0.2) is 9.69 Å². The van der Waals surface area contributed by atoms with Crippen molar-refractivity contribution >= 4 is 21.6 Å². The fourth-order valence-electron chi connectivity index (χ4n) is 1.04. The van der Waals surface area contributed by atoms with Gasteiger partial charge in [-0.3, -0.25) is 4.79 Å². The second-order valence-corrected chi connectivity index (χ2v) is 3.95. The summed E-state index contributed by atoms with van der Waals surface area (Å²) in [5, 5.41) is 5.73. The highest BCUT2D eigenvalue weighted by molar-refractivity contribution is 9.10. The highest BCUT2D eigenvalue weighted by atomic mass is 79.9. The molecule has 0 unspecified atom stereocenters. The van der Waals surface area contributed by atoms with Gasteiger partial charge in [0, 0.05) is 14.1 Å². The Morgan fingerprint density at radius 2 is 2.40 bits per heavy atom. The van der Waals surface area contributed by atoms with E-state index in [9.17, 15) is 4.79 Å². The summed E-state index contributed by atoms with van der Waals surface area (Å²) >= 11 is 3.23. The lowest BCUT2D eigenvalue weighted by Gasteiger charge is -2.14. The van der Waals surface area contributed by atoms with Crippen molar-refractivity contribution in [2.75, 3.05) is 19.5 Å². The molecule has 82 valence electrons. The third-order valence-corrected chi connectivity index (χ3v) is 2.40. The van der Waals surface area contributed by atoms with E-state index in [1.807, 2.05) is 14.1 Å². The fourth-order valence-corrected chi connectivity index (χ4v) is 1.43. The van der Waals surface area contributed by atoms with Gasteiger partial charge in [-0.15, -0.1) is 6.58 Å². The van der Waals surface area contributed by atoms with Gasteiger partial charge in [0.05, 0.1) is 18.4 Å². The lowest BCUT2D eigenvalue weighted by Crippen LogP contribution is -2.27. The second-order valence-electron chi connectivity index (χ2n) is 3.15. The smallest absolute Gasteiger partial charge is 0.283 e. The fraction of sp³-hybridized carbons (Fsp3) is 0.333. The maximum atomic E-state index is 11.7. The largest absolute Gasteiger partial charge is 0.317 e. The van der Waals surface area contributed by atoms with Crippen LogP contribution < -0.4 is 11.0 Å². The molecule has 6 heteroatoms. The number of hydrazine groups is 1. The maximum absolute atomic E-state index is 11.7. The van der Waals surface area contributed by atoms with Crippen LogP contribution in [0.15, 0.2) is 28.1 Å². The van der Waals surface area contributed by atoms with Crippen LogP contribution in [0.3, 0.4) is 0 Å². The number of aromatic nitrogens is 2. The Morgan fingerprint density at radius 3 is 2.93 bits per heavy atom. The van der Waals surface area contributed by atoms with Crippen LogP contribution in [0, 0.1) is 0 Å². The first kappa shape index (κ1) is 11.9. The minimum absolute atomic E-state index is 0.179. The quantitative estimate of drug-likeness (QED) is 0.659. The van der Waals surface area contributed by atoms with E-state index in [1.165, 1.54) is 4.68 Å². The van der Waals surface area contributed by atoms with Crippen molar-refractivity contribution in [1.82, 2.24) is 14.8 Å². The predicted molar refractivity (Wildman–Crippen MR) is 63.7 cm³/mol. The summed E-state index contributed by atoms with van der Waals surface area (Å²) in [5.74, 6) is 0. The van der Waals surface area contributed by atoms with Gasteiger partial charge in [0.2, 0.25) is 0 Å². The van der Waals surface area contributed by atoms with Crippen LogP contribution in [0.25, 0.3) is 0 Å². The highest BCUT2D eigenvalue weighted by Crippen LogP contribution is 2.15. The zero-order valence-electron chi connectivity index (χ0n) is 8.70. The Kier molecular flexibility index (Phi) is 4.05. The zero-order valence-corrected chi connectivity index (χ0v) is 10.3. The van der Waals surface area contributed by atoms with Gasteiger partial charge in [-0.05, 0) is 15.9 Å². The molecule has 0 aliphatic rings. The topological polar surface area (TPSA) is 50.2 Å². The zero-order chi connectivity index (χ0) is 11.4. The number of rotatable bonds is 4. The van der Waals surface area contributed by atoms with Crippen LogP contribution >= 0.6 is 15.9 Å². The van der Waals surface area contributed by atoms with Crippen LogP contribution in [0.1, 0.15) is 0 Å². The lowest BCUT2D eigenvalue weighted by atomic mass is 10.5. The van der Waals surface area contributed by atoms with Crippen molar-refractivity contribution < 1.29 is 0 Å². The Balaban J connectivity index is 3.09. The van der Waals surface area contributed by atoms with Gasteiger partial charge in [-0.1, -0.05) is 6.08 Å². The molecule has 15 heavy (non-hydrogen) atoms. The molecule has 1 rings (SSSR count). The third-order valence-electron chi connectivity index (χ3n) is 1.63. The van der Waals surface area contributed by atoms with Gasteiger partial charge in [0.15, 0.2) is 0 Å². The molecule has 1 N–H and O–H groups in total. The molecule has 1 aromatic rings. The molecule has 0 spiro atoms. The van der Waals surface area contributed by atoms with E-state index in [1.54, 1.807) is 17.3 Å². The number of nitrogens with one attached hydrogen (secondary N) is 1. The van der Waals surface area contributed by atoms with Crippen LogP contribution in [0.5, 0.6) is 0 Å². The molecule has 0 aromatic carbocycles. The normalized spacial score (nSPS) is 10.4. The molecule has 0 aliphatic carbocycles. The van der Waals surface area contributed by atoms with Crippen LogP contribution in [0.4, 0.5) is 5.69 Å². The molecule has 0 radical (unpaired) electrons. The first-order valence-electron chi connectivity index (χ1n) is 4.36. The summed E-state index contributed by atoms with van der Waals surface area (Å²) in [7, 11) is 3.67. The molecule has 1 aromatic heterocycles. The number of hydrogen-bond donors (Lipinski definition) is 1. The second kappa shape index (κ2) is 5.09. The molecule has 0 saturated carbocycles. The minimum atomic E-state index is -0.179. The first-order valence-corrected chi connectivity index (χ1v) is 5.16. The van der Waals surface area contributed by atoms with Crippen molar-refractivity contribution in [2.24, 2.45) is 0 Å². The summed E-state index contributed by atoms with van der Waals surface area (Å²) < 4.78 is 1.80. The molecule has 0 saturated heterocycles. The van der Waals surface area contributed by atoms with Crippen molar-refractivity contribution in [1.29, 1.82) is 0 Å². The van der Waals surface area contributed by atoms with Gasteiger partial charge < -0.3 is 5.43 Å². The van der Waals surface area contributed by atoms with Gasteiger partial charge in [0.1, 0.15) is 4.47 Å². The van der Waals surface area contributed by atoms with Gasteiger partial charge in [-0.2, -0.15) is 5.10 Å². The summed E-state index contributed by atoms with van der Waals surface area (Å²) in [4.78, 5) is 11.7. The highest BCUT2D eigenvalue weighted by Gasteiger charge is 2.07. The molecule has 1 heterocycles. The molecule has 0 aliphatic heterocycles. The van der Waals surface area contributed by atoms with Crippen molar-refractivity contribution in [3.8, 4) is 0 Å². The third kappa shape index (κ3) is 2.90. The molecule has 0 atom stereocenters. The molecule has 0 amide bonds. The summed E-state index contributed by atoms with van der Waals surface area (Å²) in [6, 6.07) is 0. The lowest BCUT2D eigenvalue weighted by molar-refractivity contribution is 0.492. The number of nitrogens with zero attached hydrogens (tertiary/aromatic N) is 3. The molecular weight excluding hydrogens is 260 g/mol. The van der Waals surface area contributed by atoms with Gasteiger partial charge in [0.25, 0.3) is 5.56 Å². The number of hydrogen-bond acceptors (Lipinski definition) is 4. The Bertz CT molecular complexity index is 413. The minimum Gasteiger partial charge on any atom is -0.317 e. The van der Waals surface area contributed by atoms with E-state index in [0.29, 0.717) is 16.7 Å². The average Bonchev–Trinajstić information content (AvgIpc) is 2.17. The molecular formula is C9H13BrN4O. The number of allylic oxidation sites excluding steroid dienone is 1. The monoisotopic (exact) mass is 272 g/mol. The first-order chi connectivity index (χ1) is 7.06. The van der Waals surface area contributed by atoms with Crippen molar-refractivity contribution in [3.05, 3.63) is 33.7 Å². The standard InChI is InChI=1S/C9H13BrN4O/c1-4-5-14-9(15)8(10)7(6-11-14)12-13(2)3/h4,6,12H,1,5H2,2-3H3. The number of anilines is 1. The van der Waals surface area contributed by atoms with E-state index in [4.69, 9.17) is 0 Å². The molecule has 0 bridgehead atoms. The van der Waals surface area contributed by atoms with Crippen molar-refractivity contribution in [2.45, 2.75) is 6.54 Å². The Labute approximate surface area is 96.5 Å². The van der Waals surface area contributed by atoms with Crippen LogP contribution in [-0.4, -0.2) is 28.9 Å². The Hall–Kier alpha value is -1.14.